The Morgan fingerprint density at radius 1 is 1.00 bits per heavy atom. The van der Waals surface area contributed by atoms with Gasteiger partial charge in [0, 0.05) is 12.8 Å². The smallest absolute Gasteiger partial charge is 0.328 e. The molecule has 2 rings (SSSR count). The Morgan fingerprint density at radius 3 is 1.95 bits per heavy atom. The third-order valence-corrected chi connectivity index (χ3v) is 3.43. The normalized spacial score (nSPS) is 11.5. The maximum absolute atomic E-state index is 11.8. The minimum Gasteiger partial charge on any atom is -0.458 e. The average Bonchev–Trinajstić information content (AvgIpc) is 3.03. The predicted octanol–water partition coefficient (Wildman–Crippen LogP) is 2.27. The van der Waals surface area contributed by atoms with Crippen LogP contribution in [0, 0.1) is 6.92 Å². The summed E-state index contributed by atoms with van der Waals surface area (Å²) in [5.74, 6) is -0.350. The van der Waals surface area contributed by atoms with Crippen molar-refractivity contribution < 1.29 is 31.4 Å². The van der Waals surface area contributed by atoms with Crippen LogP contribution in [0.15, 0.2) is 38.2 Å². The van der Waals surface area contributed by atoms with Crippen LogP contribution in [0.1, 0.15) is 39.7 Å². The summed E-state index contributed by atoms with van der Waals surface area (Å²) in [4.78, 5) is 23.5. The number of carbonyl (C=O) groups excluding carboxylic acids is 2. The van der Waals surface area contributed by atoms with E-state index < -0.39 is 21.0 Å². The van der Waals surface area contributed by atoms with Crippen LogP contribution < -0.4 is 0 Å². The first-order valence-electron chi connectivity index (χ1n) is 5.97. The Hall–Kier alpha value is -2.19. The third-order valence-electron chi connectivity index (χ3n) is 2.70. The topological polar surface area (TPSA) is 115 Å². The van der Waals surface area contributed by atoms with Gasteiger partial charge in [0.05, 0.1) is 0 Å². The van der Waals surface area contributed by atoms with Gasteiger partial charge in [-0.15, -0.1) is 0 Å². The zero-order chi connectivity index (χ0) is 15.6. The van der Waals surface area contributed by atoms with Gasteiger partial charge in [0.1, 0.15) is 5.76 Å². The fraction of sp³-hybridized carbons (Fsp3) is 0.231. The molecule has 112 valence electrons. The molecule has 0 saturated carbocycles. The highest BCUT2D eigenvalue weighted by atomic mass is 32.2. The first-order chi connectivity index (χ1) is 9.77. The number of carbonyl (C=O) groups is 2. The number of hydrogen-bond donors (Lipinski definition) is 1. The van der Waals surface area contributed by atoms with Gasteiger partial charge in [-0.25, -0.2) is 0 Å². The summed E-state index contributed by atoms with van der Waals surface area (Å²) in [6.07, 6.45) is -0.245. The van der Waals surface area contributed by atoms with E-state index in [4.69, 9.17) is 13.4 Å². The Kier molecular flexibility index (Phi) is 4.10. The average molecular weight is 312 g/mol. The second-order valence-corrected chi connectivity index (χ2v) is 5.70. The van der Waals surface area contributed by atoms with Crippen molar-refractivity contribution in [1.82, 2.24) is 0 Å². The number of aryl methyl sites for hydroxylation is 1. The first kappa shape index (κ1) is 15.2. The molecule has 0 amide bonds. The van der Waals surface area contributed by atoms with Crippen molar-refractivity contribution in [2.24, 2.45) is 0 Å². The van der Waals surface area contributed by atoms with E-state index in [-0.39, 0.29) is 30.1 Å². The molecular weight excluding hydrogens is 300 g/mol. The van der Waals surface area contributed by atoms with Crippen LogP contribution in [0.3, 0.4) is 0 Å². The Labute approximate surface area is 120 Å². The van der Waals surface area contributed by atoms with Crippen LogP contribution in [0.4, 0.5) is 0 Å². The summed E-state index contributed by atoms with van der Waals surface area (Å²) >= 11 is 0. The zero-order valence-corrected chi connectivity index (χ0v) is 11.8. The molecule has 0 aliphatic heterocycles. The van der Waals surface area contributed by atoms with Gasteiger partial charge in [0.15, 0.2) is 23.1 Å². The van der Waals surface area contributed by atoms with Crippen LogP contribution in [-0.4, -0.2) is 24.5 Å². The van der Waals surface area contributed by atoms with E-state index >= 15 is 0 Å². The largest absolute Gasteiger partial charge is 0.458 e. The number of ketones is 2. The van der Waals surface area contributed by atoms with Gasteiger partial charge in [0.2, 0.25) is 5.09 Å². The van der Waals surface area contributed by atoms with Crippen molar-refractivity contribution in [3.63, 3.8) is 0 Å². The molecule has 2 aromatic heterocycles. The molecule has 0 radical (unpaired) electrons. The lowest BCUT2D eigenvalue weighted by atomic mass is 10.1. The molecule has 0 aliphatic carbocycles. The summed E-state index contributed by atoms with van der Waals surface area (Å²) in [5, 5.41) is -0.709. The monoisotopic (exact) mass is 312 g/mol. The van der Waals surface area contributed by atoms with E-state index in [1.54, 1.807) is 13.0 Å². The standard InChI is InChI=1S/C13H12O7S/c1-8-2-5-11(19-8)9(14)3-4-10(15)12-6-7-13(20-12)21(16,17)18/h2,5-7H,3-4H2,1H3,(H,16,17,18). The van der Waals surface area contributed by atoms with Crippen molar-refractivity contribution in [3.05, 3.63) is 41.5 Å². The number of Topliss-reactive ketones (excluding diaryl/α,β-unsaturated/α-hetero) is 2. The van der Waals surface area contributed by atoms with Crippen LogP contribution in [0.2, 0.25) is 0 Å². The molecular formula is C13H12O7S. The number of furan rings is 2. The minimum absolute atomic E-state index is 0.0896. The van der Waals surface area contributed by atoms with Gasteiger partial charge in [-0.1, -0.05) is 0 Å². The van der Waals surface area contributed by atoms with Crippen molar-refractivity contribution >= 4 is 21.7 Å². The summed E-state index contributed by atoms with van der Waals surface area (Å²) < 4.78 is 40.2. The minimum atomic E-state index is -4.49. The highest BCUT2D eigenvalue weighted by molar-refractivity contribution is 7.85. The molecule has 0 fully saturated rings. The molecule has 0 unspecified atom stereocenters. The van der Waals surface area contributed by atoms with Gasteiger partial charge >= 0.3 is 10.1 Å². The number of hydrogen-bond acceptors (Lipinski definition) is 6. The quantitative estimate of drug-likeness (QED) is 0.642. The zero-order valence-electron chi connectivity index (χ0n) is 11.0. The van der Waals surface area contributed by atoms with Crippen LogP contribution in [-0.2, 0) is 10.1 Å². The lowest BCUT2D eigenvalue weighted by Gasteiger charge is -1.97. The number of rotatable bonds is 6. The molecule has 1 N–H and O–H groups in total. The summed E-state index contributed by atoms with van der Waals surface area (Å²) in [5.41, 5.74) is 0. The molecule has 0 atom stereocenters. The second-order valence-electron chi connectivity index (χ2n) is 4.35. The molecule has 0 aliphatic rings. The summed E-state index contributed by atoms with van der Waals surface area (Å²) in [7, 11) is -4.49. The SMILES string of the molecule is Cc1ccc(C(=O)CCC(=O)c2ccc(S(=O)(=O)O)o2)o1. The molecule has 2 aromatic rings. The fourth-order valence-electron chi connectivity index (χ4n) is 1.67. The highest BCUT2D eigenvalue weighted by Gasteiger charge is 2.20. The van der Waals surface area contributed by atoms with Gasteiger partial charge in [-0.2, -0.15) is 8.42 Å². The Morgan fingerprint density at radius 2 is 1.52 bits per heavy atom. The summed E-state index contributed by atoms with van der Waals surface area (Å²) in [6, 6.07) is 5.26. The van der Waals surface area contributed by atoms with Crippen LogP contribution in [0.5, 0.6) is 0 Å². The van der Waals surface area contributed by atoms with E-state index in [1.165, 1.54) is 6.07 Å². The first-order valence-corrected chi connectivity index (χ1v) is 7.41. The van der Waals surface area contributed by atoms with Crippen LogP contribution >= 0.6 is 0 Å². The molecule has 0 saturated heterocycles. The molecule has 8 heteroatoms. The predicted molar refractivity (Wildman–Crippen MR) is 69.9 cm³/mol. The lowest BCUT2D eigenvalue weighted by molar-refractivity contribution is 0.0886. The van der Waals surface area contributed by atoms with Gasteiger partial charge in [-0.05, 0) is 31.2 Å². The second kappa shape index (κ2) is 5.66. The van der Waals surface area contributed by atoms with Crippen LogP contribution in [0.25, 0.3) is 0 Å². The van der Waals surface area contributed by atoms with Gasteiger partial charge in [-0.3, -0.25) is 14.1 Å². The van der Waals surface area contributed by atoms with E-state index in [0.29, 0.717) is 5.76 Å². The summed E-state index contributed by atoms with van der Waals surface area (Å²) in [6.45, 7) is 1.70. The van der Waals surface area contributed by atoms with Gasteiger partial charge in [0.25, 0.3) is 0 Å². The fourth-order valence-corrected chi connectivity index (χ4v) is 2.10. The van der Waals surface area contributed by atoms with E-state index in [2.05, 4.69) is 0 Å². The van der Waals surface area contributed by atoms with E-state index in [0.717, 1.165) is 12.1 Å². The molecule has 0 spiro atoms. The molecule has 7 nitrogen and oxygen atoms in total. The maximum Gasteiger partial charge on any atom is 0.328 e. The van der Waals surface area contributed by atoms with E-state index in [9.17, 15) is 18.0 Å². The van der Waals surface area contributed by atoms with Crippen molar-refractivity contribution in [3.8, 4) is 0 Å². The molecule has 2 heterocycles. The Bertz CT molecular complexity index is 779. The maximum atomic E-state index is 11.8. The molecule has 0 bridgehead atoms. The van der Waals surface area contributed by atoms with Crippen molar-refractivity contribution in [2.45, 2.75) is 24.9 Å². The highest BCUT2D eigenvalue weighted by Crippen LogP contribution is 2.17. The van der Waals surface area contributed by atoms with Crippen molar-refractivity contribution in [1.29, 1.82) is 0 Å². The molecule has 21 heavy (non-hydrogen) atoms. The Balaban J connectivity index is 1.99. The molecule has 0 aromatic carbocycles. The van der Waals surface area contributed by atoms with Crippen molar-refractivity contribution in [2.75, 3.05) is 0 Å². The lowest BCUT2D eigenvalue weighted by Crippen LogP contribution is -2.04. The van der Waals surface area contributed by atoms with Gasteiger partial charge < -0.3 is 8.83 Å². The van der Waals surface area contributed by atoms with E-state index in [1.807, 2.05) is 0 Å². The third kappa shape index (κ3) is 3.67.